The van der Waals surface area contributed by atoms with Gasteiger partial charge in [0.1, 0.15) is 0 Å². The van der Waals surface area contributed by atoms with Gasteiger partial charge in [0, 0.05) is 18.7 Å². The molecule has 1 fully saturated rings. The average molecular weight is 374 g/mol. The van der Waals surface area contributed by atoms with Crippen molar-refractivity contribution in [2.45, 2.75) is 23.8 Å². The average Bonchev–Trinajstić information content (AvgIpc) is 3.15. The van der Waals surface area contributed by atoms with Crippen LogP contribution >= 0.6 is 0 Å². The summed E-state index contributed by atoms with van der Waals surface area (Å²) >= 11 is 0. The Labute approximate surface area is 153 Å². The Kier molecular flexibility index (Phi) is 6.03. The molecule has 26 heavy (non-hydrogen) atoms. The van der Waals surface area contributed by atoms with Gasteiger partial charge in [-0.2, -0.15) is 0 Å². The predicted octanol–water partition coefficient (Wildman–Crippen LogP) is 1.73. The minimum absolute atomic E-state index is 0.0215. The quantitative estimate of drug-likeness (QED) is 0.773. The predicted molar refractivity (Wildman–Crippen MR) is 98.5 cm³/mol. The number of nitrogens with one attached hydrogen (secondary N) is 2. The van der Waals surface area contributed by atoms with E-state index in [2.05, 4.69) is 10.0 Å². The molecule has 0 bridgehead atoms. The Hall–Kier alpha value is -2.22. The molecule has 1 aliphatic heterocycles. The Morgan fingerprint density at radius 1 is 1.12 bits per heavy atom. The molecule has 1 saturated heterocycles. The largest absolute Gasteiger partial charge is 0.379 e. The molecule has 1 amide bonds. The van der Waals surface area contributed by atoms with Gasteiger partial charge in [-0.1, -0.05) is 36.4 Å². The first-order valence-electron chi connectivity index (χ1n) is 8.57. The lowest BCUT2D eigenvalue weighted by Crippen LogP contribution is -2.35. The molecule has 2 aromatic carbocycles. The van der Waals surface area contributed by atoms with E-state index in [9.17, 15) is 13.2 Å². The number of hydrogen-bond donors (Lipinski definition) is 2. The van der Waals surface area contributed by atoms with Crippen LogP contribution in [0.15, 0.2) is 59.5 Å². The molecule has 0 radical (unpaired) electrons. The molecule has 1 atom stereocenters. The van der Waals surface area contributed by atoms with Crippen LogP contribution in [0, 0.1) is 0 Å². The second kappa shape index (κ2) is 8.44. The second-order valence-corrected chi connectivity index (χ2v) is 7.96. The van der Waals surface area contributed by atoms with Crippen LogP contribution in [0.2, 0.25) is 0 Å². The number of ether oxygens (including phenoxy) is 1. The number of amides is 1. The lowest BCUT2D eigenvalue weighted by Gasteiger charge is -2.12. The first-order chi connectivity index (χ1) is 12.5. The molecule has 7 heteroatoms. The van der Waals surface area contributed by atoms with E-state index in [1.165, 1.54) is 12.1 Å². The number of carbonyl (C=O) groups excluding carboxylic acids is 1. The van der Waals surface area contributed by atoms with E-state index >= 15 is 0 Å². The fourth-order valence-electron chi connectivity index (χ4n) is 2.78. The number of sulfonamides is 1. The zero-order valence-corrected chi connectivity index (χ0v) is 15.2. The summed E-state index contributed by atoms with van der Waals surface area (Å²) in [5.41, 5.74) is 1.38. The molecule has 1 aliphatic rings. The summed E-state index contributed by atoms with van der Waals surface area (Å²) in [5, 5.41) is 2.86. The van der Waals surface area contributed by atoms with Crippen LogP contribution in [0.5, 0.6) is 0 Å². The highest BCUT2D eigenvalue weighted by atomic mass is 32.2. The highest BCUT2D eigenvalue weighted by molar-refractivity contribution is 7.89. The van der Waals surface area contributed by atoms with Crippen LogP contribution in [-0.2, 0) is 21.2 Å². The van der Waals surface area contributed by atoms with E-state index in [0.29, 0.717) is 31.7 Å². The van der Waals surface area contributed by atoms with Gasteiger partial charge in [0.25, 0.3) is 5.91 Å². The Morgan fingerprint density at radius 3 is 2.65 bits per heavy atom. The van der Waals surface area contributed by atoms with Gasteiger partial charge < -0.3 is 10.1 Å². The van der Waals surface area contributed by atoms with E-state index in [-0.39, 0.29) is 16.8 Å². The summed E-state index contributed by atoms with van der Waals surface area (Å²) in [5.74, 6) is -0.290. The lowest BCUT2D eigenvalue weighted by atomic mass is 10.2. The molecule has 1 heterocycles. The third-order valence-electron chi connectivity index (χ3n) is 4.22. The van der Waals surface area contributed by atoms with Crippen LogP contribution in [0.25, 0.3) is 0 Å². The van der Waals surface area contributed by atoms with Crippen LogP contribution in [0.1, 0.15) is 22.3 Å². The summed E-state index contributed by atoms with van der Waals surface area (Å²) in [6, 6.07) is 15.7. The van der Waals surface area contributed by atoms with Gasteiger partial charge in [-0.3, -0.25) is 4.79 Å². The zero-order valence-electron chi connectivity index (χ0n) is 14.4. The Bertz CT molecular complexity index is 847. The molecule has 138 valence electrons. The maximum Gasteiger partial charge on any atom is 0.251 e. The fourth-order valence-corrected chi connectivity index (χ4v) is 3.86. The highest BCUT2D eigenvalue weighted by Crippen LogP contribution is 2.13. The highest BCUT2D eigenvalue weighted by Gasteiger charge is 2.20. The van der Waals surface area contributed by atoms with E-state index < -0.39 is 10.0 Å². The van der Waals surface area contributed by atoms with Crippen molar-refractivity contribution >= 4 is 15.9 Å². The van der Waals surface area contributed by atoms with Crippen molar-refractivity contribution < 1.29 is 17.9 Å². The van der Waals surface area contributed by atoms with E-state index in [0.717, 1.165) is 12.0 Å². The minimum Gasteiger partial charge on any atom is -0.379 e. The van der Waals surface area contributed by atoms with Crippen LogP contribution < -0.4 is 10.0 Å². The fraction of sp³-hybridized carbons (Fsp3) is 0.316. The molecule has 0 aliphatic carbocycles. The topological polar surface area (TPSA) is 84.5 Å². The summed E-state index contributed by atoms with van der Waals surface area (Å²) in [6.45, 7) is 1.41. The molecule has 0 spiro atoms. The third-order valence-corrected chi connectivity index (χ3v) is 5.68. The van der Waals surface area contributed by atoms with Crippen molar-refractivity contribution in [1.29, 1.82) is 0 Å². The number of benzene rings is 2. The molecule has 0 aromatic heterocycles. The van der Waals surface area contributed by atoms with Gasteiger partial charge in [-0.25, -0.2) is 13.1 Å². The molecule has 2 N–H and O–H groups in total. The molecular formula is C19H22N2O4S. The minimum atomic E-state index is -3.67. The summed E-state index contributed by atoms with van der Waals surface area (Å²) < 4.78 is 32.8. The lowest BCUT2D eigenvalue weighted by molar-refractivity contribution is 0.0929. The van der Waals surface area contributed by atoms with Gasteiger partial charge in [-0.15, -0.1) is 0 Å². The van der Waals surface area contributed by atoms with Crippen molar-refractivity contribution in [2.24, 2.45) is 0 Å². The monoisotopic (exact) mass is 374 g/mol. The molecule has 0 saturated carbocycles. The maximum absolute atomic E-state index is 12.5. The molecular weight excluding hydrogens is 352 g/mol. The normalized spacial score (nSPS) is 17.2. The van der Waals surface area contributed by atoms with Crippen molar-refractivity contribution in [3.8, 4) is 0 Å². The van der Waals surface area contributed by atoms with Crippen LogP contribution in [0.3, 0.4) is 0 Å². The maximum atomic E-state index is 12.5. The van der Waals surface area contributed by atoms with Gasteiger partial charge in [0.05, 0.1) is 17.5 Å². The van der Waals surface area contributed by atoms with E-state index in [1.54, 1.807) is 12.1 Å². The molecule has 6 nitrogen and oxygen atoms in total. The summed E-state index contributed by atoms with van der Waals surface area (Å²) in [6.07, 6.45) is 1.37. The first-order valence-corrected chi connectivity index (χ1v) is 10.1. The van der Waals surface area contributed by atoms with Crippen LogP contribution in [-0.4, -0.2) is 40.1 Å². The first kappa shape index (κ1) is 18.6. The van der Waals surface area contributed by atoms with Crippen molar-refractivity contribution in [2.75, 3.05) is 19.8 Å². The second-order valence-electron chi connectivity index (χ2n) is 6.20. The standard InChI is InChI=1S/C19H22N2O4S/c22-19(21-17-10-12-25-14-17)16-7-4-8-18(13-16)26(23,24)20-11-9-15-5-2-1-3-6-15/h1-8,13,17,20H,9-12,14H2,(H,21,22)/t17-/m0/s1. The molecule has 0 unspecified atom stereocenters. The van der Waals surface area contributed by atoms with Crippen molar-refractivity contribution in [3.05, 3.63) is 65.7 Å². The van der Waals surface area contributed by atoms with Crippen LogP contribution in [0.4, 0.5) is 0 Å². The van der Waals surface area contributed by atoms with Gasteiger partial charge in [-0.05, 0) is 36.6 Å². The number of carbonyl (C=O) groups is 1. The Morgan fingerprint density at radius 2 is 1.92 bits per heavy atom. The van der Waals surface area contributed by atoms with Gasteiger partial charge in [0.2, 0.25) is 10.0 Å². The SMILES string of the molecule is O=C(N[C@H]1CCOC1)c1cccc(S(=O)(=O)NCCc2ccccc2)c1. The summed E-state index contributed by atoms with van der Waals surface area (Å²) in [7, 11) is -3.67. The van der Waals surface area contributed by atoms with E-state index in [4.69, 9.17) is 4.74 Å². The van der Waals surface area contributed by atoms with E-state index in [1.807, 2.05) is 30.3 Å². The number of rotatable bonds is 7. The molecule has 3 rings (SSSR count). The summed E-state index contributed by atoms with van der Waals surface area (Å²) in [4.78, 5) is 12.4. The Balaban J connectivity index is 1.62. The molecule has 2 aromatic rings. The van der Waals surface area contributed by atoms with Crippen molar-refractivity contribution in [1.82, 2.24) is 10.0 Å². The number of hydrogen-bond acceptors (Lipinski definition) is 4. The smallest absolute Gasteiger partial charge is 0.251 e. The van der Waals surface area contributed by atoms with Gasteiger partial charge in [0.15, 0.2) is 0 Å². The van der Waals surface area contributed by atoms with Crippen molar-refractivity contribution in [3.63, 3.8) is 0 Å². The third kappa shape index (κ3) is 4.91. The van der Waals surface area contributed by atoms with Gasteiger partial charge >= 0.3 is 0 Å². The zero-order chi connectivity index (χ0) is 18.4.